The van der Waals surface area contributed by atoms with E-state index in [-0.39, 0.29) is 0 Å². The van der Waals surface area contributed by atoms with Gasteiger partial charge in [-0.25, -0.2) is 15.0 Å². The summed E-state index contributed by atoms with van der Waals surface area (Å²) in [5.74, 6) is 0.712. The Kier molecular flexibility index (Phi) is 3.56. The molecule has 3 aromatic heterocycles. The molecule has 0 amide bonds. The Labute approximate surface area is 117 Å². The van der Waals surface area contributed by atoms with Crippen LogP contribution in [-0.4, -0.2) is 36.1 Å². The number of nitrogens with zero attached hydrogens (tertiary/aromatic N) is 5. The third kappa shape index (κ3) is 2.51. The molecule has 3 heterocycles. The summed E-state index contributed by atoms with van der Waals surface area (Å²) in [6.45, 7) is 2.91. The minimum Gasteiger partial charge on any atom is -0.374 e. The molecular formula is C10H11N7S2. The zero-order valence-corrected chi connectivity index (χ0v) is 11.8. The maximum absolute atomic E-state index is 4.27. The Morgan fingerprint density at radius 3 is 3.21 bits per heavy atom. The smallest absolute Gasteiger partial charge is 0.181 e. The first-order valence-electron chi connectivity index (χ1n) is 5.70. The zero-order chi connectivity index (χ0) is 13.1. The molecule has 0 saturated carbocycles. The number of nitrogens with one attached hydrogen (secondary N) is 2. The van der Waals surface area contributed by atoms with Gasteiger partial charge in [0.05, 0.1) is 6.33 Å². The van der Waals surface area contributed by atoms with Gasteiger partial charge in [-0.3, -0.25) is 0 Å². The van der Waals surface area contributed by atoms with Crippen molar-refractivity contribution < 1.29 is 0 Å². The van der Waals surface area contributed by atoms with Gasteiger partial charge in [-0.05, 0) is 6.92 Å². The van der Waals surface area contributed by atoms with Crippen molar-refractivity contribution in [3.8, 4) is 0 Å². The van der Waals surface area contributed by atoms with Gasteiger partial charge in [0.2, 0.25) is 0 Å². The Morgan fingerprint density at radius 2 is 2.32 bits per heavy atom. The fraction of sp³-hybridized carbons (Fsp3) is 0.300. The predicted octanol–water partition coefficient (Wildman–Crippen LogP) is 1.93. The highest BCUT2D eigenvalue weighted by atomic mass is 32.2. The number of aromatic nitrogens is 6. The van der Waals surface area contributed by atoms with E-state index in [0.717, 1.165) is 27.8 Å². The third-order valence-electron chi connectivity index (χ3n) is 2.43. The first kappa shape index (κ1) is 12.3. The van der Waals surface area contributed by atoms with Crippen LogP contribution in [0.3, 0.4) is 0 Å². The number of imidazole rings is 1. The molecule has 3 aromatic rings. The van der Waals surface area contributed by atoms with Gasteiger partial charge in [0.1, 0.15) is 27.6 Å². The second kappa shape index (κ2) is 5.49. The fourth-order valence-corrected chi connectivity index (χ4v) is 3.22. The normalized spacial score (nSPS) is 11.0. The number of anilines is 1. The molecule has 3 rings (SSSR count). The minimum atomic E-state index is 0.681. The summed E-state index contributed by atoms with van der Waals surface area (Å²) in [4.78, 5) is 15.5. The molecule has 0 atom stereocenters. The number of thioether (sulfide) groups is 1. The molecular weight excluding hydrogens is 282 g/mol. The predicted molar refractivity (Wildman–Crippen MR) is 75.3 cm³/mol. The first-order valence-corrected chi connectivity index (χ1v) is 7.46. The van der Waals surface area contributed by atoms with Crippen molar-refractivity contribution in [1.82, 2.24) is 29.5 Å². The summed E-state index contributed by atoms with van der Waals surface area (Å²) in [5, 5.41) is 9.28. The van der Waals surface area contributed by atoms with Crippen molar-refractivity contribution >= 4 is 39.5 Å². The lowest BCUT2D eigenvalue weighted by molar-refractivity contribution is 1.05. The topological polar surface area (TPSA) is 92.3 Å². The van der Waals surface area contributed by atoms with E-state index in [9.17, 15) is 0 Å². The Balaban J connectivity index is 1.78. The van der Waals surface area contributed by atoms with E-state index in [1.807, 2.05) is 0 Å². The van der Waals surface area contributed by atoms with Crippen LogP contribution in [0.15, 0.2) is 17.7 Å². The van der Waals surface area contributed by atoms with E-state index in [4.69, 9.17) is 0 Å². The molecule has 0 fully saturated rings. The van der Waals surface area contributed by atoms with Gasteiger partial charge in [-0.15, -0.1) is 5.10 Å². The molecule has 19 heavy (non-hydrogen) atoms. The standard InChI is InChI=1S/C10H11N7S2/c1-2-11-9-6(16-17-19-9)3-18-10-7-8(13-4-12-7)14-5-15-10/h4-5,11H,2-3H2,1H3,(H,12,13,14,15). The summed E-state index contributed by atoms with van der Waals surface area (Å²) in [6.07, 6.45) is 3.15. The molecule has 98 valence electrons. The van der Waals surface area contributed by atoms with Crippen LogP contribution in [0.1, 0.15) is 12.6 Å². The van der Waals surface area contributed by atoms with Crippen LogP contribution in [0.5, 0.6) is 0 Å². The third-order valence-corrected chi connectivity index (χ3v) is 4.15. The number of rotatable bonds is 5. The van der Waals surface area contributed by atoms with Crippen molar-refractivity contribution in [2.24, 2.45) is 0 Å². The highest BCUT2D eigenvalue weighted by Gasteiger charge is 2.11. The molecule has 0 bridgehead atoms. The lowest BCUT2D eigenvalue weighted by atomic mass is 10.5. The summed E-state index contributed by atoms with van der Waals surface area (Å²) in [6, 6.07) is 0. The fourth-order valence-electron chi connectivity index (χ4n) is 1.59. The molecule has 0 saturated heterocycles. The maximum atomic E-state index is 4.27. The first-order chi connectivity index (χ1) is 9.38. The SMILES string of the molecule is CCNc1snnc1CSc1ncnc2nc[nH]c12. The minimum absolute atomic E-state index is 0.681. The van der Waals surface area contributed by atoms with Gasteiger partial charge < -0.3 is 10.3 Å². The van der Waals surface area contributed by atoms with Crippen LogP contribution in [0.4, 0.5) is 5.00 Å². The number of aromatic amines is 1. The molecule has 0 aromatic carbocycles. The molecule has 7 nitrogen and oxygen atoms in total. The Hall–Kier alpha value is -1.74. The van der Waals surface area contributed by atoms with E-state index in [1.54, 1.807) is 18.1 Å². The Bertz CT molecular complexity index is 677. The van der Waals surface area contributed by atoms with Crippen LogP contribution in [-0.2, 0) is 5.75 Å². The van der Waals surface area contributed by atoms with E-state index < -0.39 is 0 Å². The summed E-state index contributed by atoms with van der Waals surface area (Å²) in [7, 11) is 0. The second-order valence-electron chi connectivity index (χ2n) is 3.65. The Morgan fingerprint density at radius 1 is 1.37 bits per heavy atom. The van der Waals surface area contributed by atoms with Crippen molar-refractivity contribution in [3.63, 3.8) is 0 Å². The maximum Gasteiger partial charge on any atom is 0.181 e. The van der Waals surface area contributed by atoms with E-state index in [1.165, 1.54) is 17.9 Å². The second-order valence-corrected chi connectivity index (χ2v) is 5.37. The van der Waals surface area contributed by atoms with Crippen molar-refractivity contribution in [3.05, 3.63) is 18.3 Å². The van der Waals surface area contributed by atoms with Gasteiger partial charge in [0, 0.05) is 23.8 Å². The molecule has 9 heteroatoms. The largest absolute Gasteiger partial charge is 0.374 e. The summed E-state index contributed by atoms with van der Waals surface area (Å²) < 4.78 is 3.97. The highest BCUT2D eigenvalue weighted by Crippen LogP contribution is 2.28. The molecule has 0 aliphatic carbocycles. The summed E-state index contributed by atoms with van der Waals surface area (Å²) in [5.41, 5.74) is 2.49. The van der Waals surface area contributed by atoms with Gasteiger partial charge in [-0.2, -0.15) is 0 Å². The van der Waals surface area contributed by atoms with Crippen LogP contribution in [0.2, 0.25) is 0 Å². The lowest BCUT2D eigenvalue weighted by Gasteiger charge is -2.02. The average Bonchev–Trinajstić information content (AvgIpc) is 3.05. The van der Waals surface area contributed by atoms with E-state index in [0.29, 0.717) is 11.4 Å². The lowest BCUT2D eigenvalue weighted by Crippen LogP contribution is -1.97. The number of H-pyrrole nitrogens is 1. The van der Waals surface area contributed by atoms with E-state index >= 15 is 0 Å². The van der Waals surface area contributed by atoms with Crippen molar-refractivity contribution in [1.29, 1.82) is 0 Å². The molecule has 0 aliphatic heterocycles. The molecule has 0 unspecified atom stereocenters. The zero-order valence-electron chi connectivity index (χ0n) is 10.1. The van der Waals surface area contributed by atoms with Gasteiger partial charge in [-0.1, -0.05) is 16.3 Å². The van der Waals surface area contributed by atoms with E-state index in [2.05, 4.69) is 41.8 Å². The number of hydrogen-bond acceptors (Lipinski definition) is 8. The molecule has 0 spiro atoms. The summed E-state index contributed by atoms with van der Waals surface area (Å²) >= 11 is 2.97. The van der Waals surface area contributed by atoms with Gasteiger partial charge >= 0.3 is 0 Å². The molecule has 2 N–H and O–H groups in total. The van der Waals surface area contributed by atoms with Gasteiger partial charge in [0.25, 0.3) is 0 Å². The van der Waals surface area contributed by atoms with Crippen molar-refractivity contribution in [2.75, 3.05) is 11.9 Å². The van der Waals surface area contributed by atoms with Gasteiger partial charge in [0.15, 0.2) is 5.65 Å². The monoisotopic (exact) mass is 293 g/mol. The average molecular weight is 293 g/mol. The van der Waals surface area contributed by atoms with Crippen molar-refractivity contribution in [2.45, 2.75) is 17.7 Å². The van der Waals surface area contributed by atoms with Crippen LogP contribution in [0, 0.1) is 0 Å². The number of fused-ring (bicyclic) bond motifs is 1. The van der Waals surface area contributed by atoms with Crippen LogP contribution >= 0.6 is 23.3 Å². The van der Waals surface area contributed by atoms with Crippen LogP contribution in [0.25, 0.3) is 11.2 Å². The molecule has 0 aliphatic rings. The number of hydrogen-bond donors (Lipinski definition) is 2. The highest BCUT2D eigenvalue weighted by molar-refractivity contribution is 7.98. The van der Waals surface area contributed by atoms with Crippen LogP contribution < -0.4 is 5.32 Å². The quantitative estimate of drug-likeness (QED) is 0.548. The molecule has 0 radical (unpaired) electrons.